The normalized spacial score (nSPS) is 20.2. The maximum Gasteiger partial charge on any atom is 1.00 e. The summed E-state index contributed by atoms with van der Waals surface area (Å²) in [4.78, 5) is 17.4. The van der Waals surface area contributed by atoms with Crippen molar-refractivity contribution in [3.05, 3.63) is 17.7 Å². The molecule has 64 valence electrons. The van der Waals surface area contributed by atoms with Crippen LogP contribution in [0.5, 0.6) is 0 Å². The fourth-order valence-electron chi connectivity index (χ4n) is 1.34. The number of carbonyl (C=O) groups is 1. The maximum atomic E-state index is 10.5. The number of aromatic amines is 1. The first kappa shape index (κ1) is 10.3. The Morgan fingerprint density at radius 1 is 1.69 bits per heavy atom. The molecule has 1 aromatic rings. The van der Waals surface area contributed by atoms with Crippen LogP contribution in [0.3, 0.4) is 0 Å². The van der Waals surface area contributed by atoms with E-state index in [4.69, 9.17) is 0 Å². The van der Waals surface area contributed by atoms with Gasteiger partial charge in [-0.15, -0.1) is 0 Å². The molecule has 2 rings (SSSR count). The van der Waals surface area contributed by atoms with Crippen LogP contribution >= 0.6 is 0 Å². The number of aromatic nitrogens is 2. The van der Waals surface area contributed by atoms with Gasteiger partial charge in [0.1, 0.15) is 0 Å². The van der Waals surface area contributed by atoms with Crippen molar-refractivity contribution in [1.29, 1.82) is 0 Å². The van der Waals surface area contributed by atoms with Gasteiger partial charge in [-0.1, -0.05) is 0 Å². The molecule has 1 atom stereocenters. The summed E-state index contributed by atoms with van der Waals surface area (Å²) in [5.41, 5.74) is 1.79. The summed E-state index contributed by atoms with van der Waals surface area (Å²) in [6, 6.07) is -0.596. The van der Waals surface area contributed by atoms with Gasteiger partial charge in [-0.2, -0.15) is 0 Å². The molecule has 1 aliphatic rings. The van der Waals surface area contributed by atoms with Crippen molar-refractivity contribution in [2.24, 2.45) is 0 Å². The molecule has 0 amide bonds. The van der Waals surface area contributed by atoms with Crippen molar-refractivity contribution in [2.75, 3.05) is 0 Å². The Hall–Kier alpha value is -0.763. The second-order valence-corrected chi connectivity index (χ2v) is 2.78. The molecule has 0 saturated heterocycles. The van der Waals surface area contributed by atoms with Gasteiger partial charge in [-0.3, -0.25) is 0 Å². The zero-order valence-electron chi connectivity index (χ0n) is 7.33. The Kier molecular flexibility index (Phi) is 3.15. The number of nitrogens with zero attached hydrogens (tertiary/aromatic N) is 1. The van der Waals surface area contributed by atoms with Crippen LogP contribution in [0, 0.1) is 0 Å². The van der Waals surface area contributed by atoms with E-state index in [9.17, 15) is 9.90 Å². The minimum atomic E-state index is -1.07. The zero-order chi connectivity index (χ0) is 8.55. The van der Waals surface area contributed by atoms with Gasteiger partial charge in [0.25, 0.3) is 0 Å². The Balaban J connectivity index is 0.000000845. The third-order valence-corrected chi connectivity index (χ3v) is 2.01. The molecule has 0 aromatic carbocycles. The summed E-state index contributed by atoms with van der Waals surface area (Å²) in [6.07, 6.45) is 1.98. The molecule has 0 saturated carbocycles. The van der Waals surface area contributed by atoms with Crippen LogP contribution in [-0.4, -0.2) is 22.0 Å². The van der Waals surface area contributed by atoms with E-state index in [1.807, 2.05) is 0 Å². The van der Waals surface area contributed by atoms with Gasteiger partial charge in [0.05, 0.1) is 29.7 Å². The van der Waals surface area contributed by atoms with Crippen molar-refractivity contribution < 1.29 is 28.8 Å². The smallest absolute Gasteiger partial charge is 0.548 e. The third kappa shape index (κ3) is 1.94. The number of rotatable bonds is 1. The molecule has 13 heavy (non-hydrogen) atoms. The third-order valence-electron chi connectivity index (χ3n) is 2.01. The predicted octanol–water partition coefficient (Wildman–Crippen LogP) is -4.82. The van der Waals surface area contributed by atoms with E-state index in [2.05, 4.69) is 15.3 Å². The number of hydrogen-bond donors (Lipinski definition) is 2. The summed E-state index contributed by atoms with van der Waals surface area (Å²) in [7, 11) is 0. The molecule has 0 aliphatic carbocycles. The van der Waals surface area contributed by atoms with Crippen molar-refractivity contribution in [2.45, 2.75) is 19.0 Å². The van der Waals surface area contributed by atoms with Crippen LogP contribution in [0.25, 0.3) is 0 Å². The van der Waals surface area contributed by atoms with E-state index in [0.29, 0.717) is 13.0 Å². The number of H-pyrrole nitrogens is 1. The van der Waals surface area contributed by atoms with E-state index in [1.54, 1.807) is 6.33 Å². The van der Waals surface area contributed by atoms with Gasteiger partial charge >= 0.3 is 18.9 Å². The fraction of sp³-hybridized carbons (Fsp3) is 0.429. The molecule has 1 aromatic heterocycles. The molecule has 1 unspecified atom stereocenters. The van der Waals surface area contributed by atoms with Crippen molar-refractivity contribution in [3.63, 3.8) is 0 Å². The molecule has 0 radical (unpaired) electrons. The van der Waals surface area contributed by atoms with Crippen LogP contribution in [0.1, 0.15) is 11.4 Å². The summed E-state index contributed by atoms with van der Waals surface area (Å²) in [6.45, 7) is 0.522. The number of imidazole rings is 1. The number of carboxylic acids is 1. The van der Waals surface area contributed by atoms with E-state index in [-0.39, 0.29) is 18.9 Å². The largest absolute Gasteiger partial charge is 1.00 e. The number of carboxylic acid groups (broad SMARTS) is 1. The van der Waals surface area contributed by atoms with Gasteiger partial charge in [0, 0.05) is 13.0 Å². The molecule has 2 N–H and O–H groups in total. The Morgan fingerprint density at radius 2 is 2.46 bits per heavy atom. The summed E-state index contributed by atoms with van der Waals surface area (Å²) in [5, 5.41) is 13.3. The van der Waals surface area contributed by atoms with E-state index in [0.717, 1.165) is 11.4 Å². The standard InChI is InChI=1S/C7H9N3O2.Li/c11-7(12)5-1-4-6(2-8-5)10-3-9-4;/h3,5,8H,1-2H2,(H,9,10)(H,11,12);/q;+1/p-1. The van der Waals surface area contributed by atoms with Crippen molar-refractivity contribution in [1.82, 2.24) is 15.3 Å². The first-order chi connectivity index (χ1) is 5.77. The number of carbonyl (C=O) groups excluding carboxylic acids is 1. The van der Waals surface area contributed by atoms with Crippen LogP contribution in [-0.2, 0) is 17.8 Å². The minimum Gasteiger partial charge on any atom is -0.548 e. The Bertz CT molecular complexity index is 312. The SMILES string of the molecule is O=C([O-])C1Cc2nc[nH]c2CN1.[Li+]. The monoisotopic (exact) mass is 173 g/mol. The van der Waals surface area contributed by atoms with Gasteiger partial charge in [0.15, 0.2) is 0 Å². The van der Waals surface area contributed by atoms with Gasteiger partial charge in [-0.25, -0.2) is 4.98 Å². The van der Waals surface area contributed by atoms with Crippen molar-refractivity contribution in [3.8, 4) is 0 Å². The quantitative estimate of drug-likeness (QED) is 0.417. The van der Waals surface area contributed by atoms with Crippen LogP contribution in [0.15, 0.2) is 6.33 Å². The van der Waals surface area contributed by atoms with Crippen LogP contribution < -0.4 is 29.3 Å². The molecule has 6 heteroatoms. The first-order valence-electron chi connectivity index (χ1n) is 3.72. The van der Waals surface area contributed by atoms with Gasteiger partial charge in [-0.05, 0) is 0 Å². The number of aliphatic carboxylic acids is 1. The second kappa shape index (κ2) is 3.96. The molecular formula is C7H8LiN3O2. The van der Waals surface area contributed by atoms with E-state index >= 15 is 0 Å². The summed E-state index contributed by atoms with van der Waals surface area (Å²) >= 11 is 0. The maximum absolute atomic E-state index is 10.5. The molecule has 1 aliphatic heterocycles. The zero-order valence-corrected chi connectivity index (χ0v) is 7.33. The van der Waals surface area contributed by atoms with E-state index < -0.39 is 12.0 Å². The number of nitrogens with one attached hydrogen (secondary N) is 2. The van der Waals surface area contributed by atoms with Crippen LogP contribution in [0.2, 0.25) is 0 Å². The first-order valence-corrected chi connectivity index (χ1v) is 3.72. The summed E-state index contributed by atoms with van der Waals surface area (Å²) < 4.78 is 0. The van der Waals surface area contributed by atoms with E-state index in [1.165, 1.54) is 0 Å². The molecule has 2 heterocycles. The molecular weight excluding hydrogens is 165 g/mol. The predicted molar refractivity (Wildman–Crippen MR) is 37.9 cm³/mol. The van der Waals surface area contributed by atoms with Gasteiger partial charge in [0.2, 0.25) is 0 Å². The minimum absolute atomic E-state index is 0. The fourth-order valence-corrected chi connectivity index (χ4v) is 1.34. The number of hydrogen-bond acceptors (Lipinski definition) is 4. The number of fused-ring (bicyclic) bond motifs is 1. The van der Waals surface area contributed by atoms with Gasteiger partial charge < -0.3 is 20.2 Å². The molecule has 5 nitrogen and oxygen atoms in total. The molecule has 0 fully saturated rings. The average molecular weight is 173 g/mol. The molecule has 0 bridgehead atoms. The average Bonchev–Trinajstić information content (AvgIpc) is 2.49. The van der Waals surface area contributed by atoms with Crippen molar-refractivity contribution >= 4 is 5.97 Å². The summed E-state index contributed by atoms with van der Waals surface area (Å²) in [5.74, 6) is -1.07. The van der Waals surface area contributed by atoms with Crippen LogP contribution in [0.4, 0.5) is 0 Å². The Labute approximate surface area is 87.1 Å². The second-order valence-electron chi connectivity index (χ2n) is 2.78. The topological polar surface area (TPSA) is 80.8 Å². The molecule has 0 spiro atoms. The Morgan fingerprint density at radius 3 is 3.15 bits per heavy atom.